The van der Waals surface area contributed by atoms with Crippen molar-refractivity contribution < 1.29 is 19.0 Å². The molecule has 2 aliphatic carbocycles. The van der Waals surface area contributed by atoms with Crippen LogP contribution in [0.4, 0.5) is 0 Å². The monoisotopic (exact) mass is 452 g/mol. The molecule has 1 N–H and O–H groups in total. The van der Waals surface area contributed by atoms with E-state index in [2.05, 4.69) is 47.3 Å². The first-order chi connectivity index (χ1) is 14.7. The minimum absolute atomic E-state index is 0.00150. The quantitative estimate of drug-likeness (QED) is 0.162. The van der Waals surface area contributed by atoms with Gasteiger partial charge in [-0.1, -0.05) is 40.7 Å². The molecule has 31 heavy (non-hydrogen) atoms. The molecule has 2 aliphatic rings. The summed E-state index contributed by atoms with van der Waals surface area (Å²) in [5, 5.41) is 11.5. The number of allylic oxidation sites excluding steroid dienone is 1. The molecule has 0 heterocycles. The fourth-order valence-corrected chi connectivity index (χ4v) is 9.43. The van der Waals surface area contributed by atoms with Gasteiger partial charge >= 0.3 is 0 Å². The Bertz CT molecular complexity index is 608. The van der Waals surface area contributed by atoms with Crippen LogP contribution in [0.15, 0.2) is 24.5 Å². The van der Waals surface area contributed by atoms with Gasteiger partial charge in [-0.3, -0.25) is 0 Å². The molecule has 2 rings (SSSR count). The average molecular weight is 453 g/mol. The molecule has 6 atom stereocenters. The number of ether oxygens (including phenoxy) is 2. The second kappa shape index (κ2) is 11.0. The van der Waals surface area contributed by atoms with Gasteiger partial charge < -0.3 is 19.0 Å². The van der Waals surface area contributed by atoms with E-state index in [1.165, 1.54) is 18.1 Å². The first-order valence-corrected chi connectivity index (χ1v) is 15.1. The van der Waals surface area contributed by atoms with Crippen molar-refractivity contribution in [2.24, 2.45) is 16.7 Å². The maximum atomic E-state index is 11.5. The van der Waals surface area contributed by atoms with Crippen LogP contribution in [0.2, 0.25) is 18.1 Å². The zero-order valence-electron chi connectivity index (χ0n) is 21.2. The molecule has 1 unspecified atom stereocenters. The number of fused-ring (bicyclic) bond motifs is 1. The third-order valence-electron chi connectivity index (χ3n) is 8.69. The first kappa shape index (κ1) is 26.6. The second-order valence-electron chi connectivity index (χ2n) is 10.2. The Labute approximate surface area is 192 Å². The Morgan fingerprint density at radius 3 is 2.35 bits per heavy atom. The predicted octanol–water partition coefficient (Wildman–Crippen LogP) is 6.81. The van der Waals surface area contributed by atoms with Crippen LogP contribution in [0.3, 0.4) is 0 Å². The molecule has 0 aromatic rings. The van der Waals surface area contributed by atoms with Gasteiger partial charge in [0.05, 0.1) is 18.5 Å². The van der Waals surface area contributed by atoms with Gasteiger partial charge in [0, 0.05) is 12.0 Å². The lowest BCUT2D eigenvalue weighted by Crippen LogP contribution is -2.60. The van der Waals surface area contributed by atoms with Crippen molar-refractivity contribution in [1.29, 1.82) is 0 Å². The van der Waals surface area contributed by atoms with E-state index >= 15 is 0 Å². The van der Waals surface area contributed by atoms with Crippen molar-refractivity contribution in [1.82, 2.24) is 0 Å². The second-order valence-corrected chi connectivity index (χ2v) is 15.0. The van der Waals surface area contributed by atoms with E-state index in [-0.39, 0.29) is 23.2 Å². The van der Waals surface area contributed by atoms with Crippen LogP contribution in [0.25, 0.3) is 0 Å². The Morgan fingerprint density at radius 2 is 1.81 bits per heavy atom. The van der Waals surface area contributed by atoms with Crippen molar-refractivity contribution in [3.05, 3.63) is 24.5 Å². The van der Waals surface area contributed by atoms with Crippen LogP contribution in [-0.4, -0.2) is 38.5 Å². The summed E-state index contributed by atoms with van der Waals surface area (Å²) in [6.07, 6.45) is 8.14. The molecule has 0 aromatic carbocycles. The molecule has 0 bridgehead atoms. The van der Waals surface area contributed by atoms with Gasteiger partial charge in [0.25, 0.3) is 0 Å². The van der Waals surface area contributed by atoms with Crippen LogP contribution in [0, 0.1) is 16.7 Å². The van der Waals surface area contributed by atoms with E-state index < -0.39 is 14.4 Å². The lowest BCUT2D eigenvalue weighted by molar-refractivity contribution is -0.147. The Hall–Kier alpha value is -0.623. The van der Waals surface area contributed by atoms with Crippen molar-refractivity contribution in [3.8, 4) is 0 Å². The topological polar surface area (TPSA) is 47.9 Å². The molecule has 0 aliphatic heterocycles. The van der Waals surface area contributed by atoms with Crippen LogP contribution in [0.1, 0.15) is 80.6 Å². The molecule has 5 heteroatoms. The van der Waals surface area contributed by atoms with Gasteiger partial charge in [-0.2, -0.15) is 0 Å². The van der Waals surface area contributed by atoms with E-state index in [9.17, 15) is 5.11 Å². The summed E-state index contributed by atoms with van der Waals surface area (Å²) in [6.45, 7) is 20.2. The minimum Gasteiger partial charge on any atom is -0.473 e. The van der Waals surface area contributed by atoms with Gasteiger partial charge in [0.1, 0.15) is 0 Å². The van der Waals surface area contributed by atoms with Crippen molar-refractivity contribution >= 4 is 8.32 Å². The normalized spacial score (nSPS) is 36.1. The third kappa shape index (κ3) is 5.31. The summed E-state index contributed by atoms with van der Waals surface area (Å²) in [6, 6.07) is 3.52. The highest BCUT2D eigenvalue weighted by Gasteiger charge is 2.59. The lowest BCUT2D eigenvalue weighted by atomic mass is 9.48. The van der Waals surface area contributed by atoms with Crippen LogP contribution in [-0.2, 0) is 13.9 Å². The molecule has 0 spiro atoms. The summed E-state index contributed by atoms with van der Waals surface area (Å²) in [5.41, 5.74) is 0.831. The van der Waals surface area contributed by atoms with E-state index in [0.29, 0.717) is 12.5 Å². The Balaban J connectivity index is 2.30. The highest BCUT2D eigenvalue weighted by molar-refractivity contribution is 6.73. The number of aliphatic hydroxyl groups is 1. The van der Waals surface area contributed by atoms with E-state index in [1.807, 2.05) is 13.8 Å². The summed E-state index contributed by atoms with van der Waals surface area (Å²) in [4.78, 5) is 0. The maximum absolute atomic E-state index is 11.5. The molecule has 4 nitrogen and oxygen atoms in total. The fourth-order valence-electron chi connectivity index (χ4n) is 6.44. The summed E-state index contributed by atoms with van der Waals surface area (Å²) in [5.74, 6) is 0.394. The summed E-state index contributed by atoms with van der Waals surface area (Å²) in [7, 11) is -1.71. The van der Waals surface area contributed by atoms with Gasteiger partial charge in [-0.15, -0.1) is 6.58 Å². The molecule has 2 saturated carbocycles. The van der Waals surface area contributed by atoms with Gasteiger partial charge in [-0.05, 0) is 81.0 Å². The number of hydrogen-bond acceptors (Lipinski definition) is 4. The highest BCUT2D eigenvalue weighted by atomic mass is 28.4. The van der Waals surface area contributed by atoms with E-state index in [0.717, 1.165) is 37.7 Å². The van der Waals surface area contributed by atoms with Crippen molar-refractivity contribution in [2.75, 3.05) is 6.61 Å². The van der Waals surface area contributed by atoms with Gasteiger partial charge in [0.2, 0.25) is 0 Å². The molecular formula is C26H48O4Si. The van der Waals surface area contributed by atoms with Crippen LogP contribution in [0.5, 0.6) is 0 Å². The third-order valence-corrected chi connectivity index (χ3v) is 13.3. The zero-order valence-corrected chi connectivity index (χ0v) is 22.2. The minimum atomic E-state index is -1.71. The average Bonchev–Trinajstić information content (AvgIpc) is 2.75. The molecule has 180 valence electrons. The Morgan fingerprint density at radius 1 is 1.16 bits per heavy atom. The lowest BCUT2D eigenvalue weighted by Gasteiger charge is -2.60. The van der Waals surface area contributed by atoms with Crippen molar-refractivity contribution in [2.45, 2.75) is 117 Å². The summed E-state index contributed by atoms with van der Waals surface area (Å²) < 4.78 is 18.4. The van der Waals surface area contributed by atoms with E-state index in [4.69, 9.17) is 13.9 Å². The van der Waals surface area contributed by atoms with Gasteiger partial charge in [0.15, 0.2) is 14.6 Å². The van der Waals surface area contributed by atoms with Crippen LogP contribution < -0.4 is 0 Å². The van der Waals surface area contributed by atoms with Crippen molar-refractivity contribution in [3.63, 3.8) is 0 Å². The predicted molar refractivity (Wildman–Crippen MR) is 131 cm³/mol. The molecule has 0 radical (unpaired) electrons. The molecule has 0 amide bonds. The van der Waals surface area contributed by atoms with E-state index in [1.54, 1.807) is 6.26 Å². The number of aliphatic hydroxyl groups excluding tert-OH is 1. The number of hydrogen-bond donors (Lipinski definition) is 1. The standard InChI is InChI=1S/C26H48O4Si/c1-9-17-25(7)22-15-14-21(19-29-20(6)28-10-2)24(27)26(22,8)18-16-23(25)30-31(11-3,12-4)13-5/h9,19-20,22-24,27H,1,10-18H2,2-8H3/b21-19-/t20?,22-,23-,24-,25-,26-/m0/s1. The fraction of sp³-hybridized carbons (Fsp3) is 0.846. The smallest absolute Gasteiger partial charge is 0.196 e. The molecule has 2 fully saturated rings. The van der Waals surface area contributed by atoms with Crippen LogP contribution >= 0.6 is 0 Å². The Kier molecular flexibility index (Phi) is 9.45. The first-order valence-electron chi connectivity index (χ1n) is 12.6. The largest absolute Gasteiger partial charge is 0.473 e. The van der Waals surface area contributed by atoms with Gasteiger partial charge in [-0.25, -0.2) is 0 Å². The number of rotatable bonds is 11. The summed E-state index contributed by atoms with van der Waals surface area (Å²) >= 11 is 0. The molecule has 0 saturated heterocycles. The molecular weight excluding hydrogens is 404 g/mol. The highest BCUT2D eigenvalue weighted by Crippen LogP contribution is 2.61. The zero-order chi connectivity index (χ0) is 23.3. The maximum Gasteiger partial charge on any atom is 0.196 e. The SMILES string of the molecule is C=CC[C@@]1(C)[C@@H]2CC/C(=C/OC(C)OCC)[C@H](O)[C@@]2(C)CC[C@@H]1O[Si](CC)(CC)CC. The molecule has 0 aromatic heterocycles.